The molecule has 1 aromatic carbocycles. The molecule has 2 aromatic rings. The highest BCUT2D eigenvalue weighted by atomic mass is 35.5. The number of benzene rings is 1. The highest BCUT2D eigenvalue weighted by Gasteiger charge is 2.39. The number of para-hydroxylation sites is 1. The molecule has 1 saturated carbocycles. The van der Waals surface area contributed by atoms with E-state index in [1.807, 2.05) is 6.07 Å². The van der Waals surface area contributed by atoms with Crippen LogP contribution in [0.4, 0.5) is 5.82 Å². The van der Waals surface area contributed by atoms with E-state index in [-0.39, 0.29) is 24.8 Å². The lowest BCUT2D eigenvalue weighted by Gasteiger charge is -2.29. The van der Waals surface area contributed by atoms with Crippen LogP contribution in [0.3, 0.4) is 0 Å². The Labute approximate surface area is 143 Å². The average molecular weight is 341 g/mol. The number of fused-ring (bicyclic) bond motifs is 3. The van der Waals surface area contributed by atoms with E-state index in [2.05, 4.69) is 28.1 Å². The van der Waals surface area contributed by atoms with E-state index in [1.54, 1.807) is 0 Å². The number of nitrogens with zero attached hydrogens (tertiary/aromatic N) is 3. The average Bonchev–Trinajstić information content (AvgIpc) is 3.09. The maximum absolute atomic E-state index is 5.68. The minimum atomic E-state index is 0. The number of anilines is 1. The van der Waals surface area contributed by atoms with Crippen molar-refractivity contribution in [3.05, 3.63) is 30.1 Å². The van der Waals surface area contributed by atoms with E-state index in [1.165, 1.54) is 24.6 Å². The number of hydrogen-bond donors (Lipinski definition) is 1. The Bertz CT molecular complexity index is 649. The van der Waals surface area contributed by atoms with Gasteiger partial charge in [-0.25, -0.2) is 9.97 Å². The first-order chi connectivity index (χ1) is 9.85. The summed E-state index contributed by atoms with van der Waals surface area (Å²) >= 11 is 0. The predicted molar refractivity (Wildman–Crippen MR) is 95.3 cm³/mol. The molecule has 0 amide bonds. The molecule has 0 unspecified atom stereocenters. The van der Waals surface area contributed by atoms with Gasteiger partial charge in [0.05, 0.1) is 5.52 Å². The van der Waals surface area contributed by atoms with Gasteiger partial charge in [0, 0.05) is 24.4 Å². The normalized spacial score (nSPS) is 22.5. The number of hydrogen-bond acceptors (Lipinski definition) is 4. The summed E-state index contributed by atoms with van der Waals surface area (Å²) in [6, 6.07) is 9.02. The van der Waals surface area contributed by atoms with Crippen molar-refractivity contribution in [1.82, 2.24) is 9.97 Å². The Morgan fingerprint density at radius 1 is 1.14 bits per heavy atom. The molecule has 2 bridgehead atoms. The van der Waals surface area contributed by atoms with Gasteiger partial charge in [-0.15, -0.1) is 24.8 Å². The molecule has 2 heterocycles. The lowest BCUT2D eigenvalue weighted by molar-refractivity contribution is 0.550. The van der Waals surface area contributed by atoms with Crippen LogP contribution in [-0.4, -0.2) is 29.1 Å². The summed E-state index contributed by atoms with van der Waals surface area (Å²) < 4.78 is 0. The zero-order chi connectivity index (χ0) is 13.5. The molecule has 0 spiro atoms. The zero-order valence-corrected chi connectivity index (χ0v) is 14.1. The lowest BCUT2D eigenvalue weighted by atomic mass is 10.1. The fourth-order valence-corrected chi connectivity index (χ4v) is 3.75. The first-order valence-electron chi connectivity index (χ1n) is 7.57. The number of halogens is 2. The SMILES string of the molecule is Cl.Cl.NCCc1nc(N2C[C@H]3CC[C@H]2C3)c2ccccc2n1. The van der Waals surface area contributed by atoms with Crippen LogP contribution in [0.2, 0.25) is 0 Å². The number of aromatic nitrogens is 2. The van der Waals surface area contributed by atoms with Gasteiger partial charge in [-0.05, 0) is 43.9 Å². The van der Waals surface area contributed by atoms with Crippen molar-refractivity contribution in [2.24, 2.45) is 11.7 Å². The molecule has 1 saturated heterocycles. The monoisotopic (exact) mass is 340 g/mol. The van der Waals surface area contributed by atoms with Crippen LogP contribution in [0.15, 0.2) is 24.3 Å². The molecule has 2 fully saturated rings. The molecular weight excluding hydrogens is 319 g/mol. The third-order valence-electron chi connectivity index (χ3n) is 4.68. The Kier molecular flexibility index (Phi) is 5.48. The summed E-state index contributed by atoms with van der Waals surface area (Å²) in [6.07, 6.45) is 4.79. The highest BCUT2D eigenvalue weighted by Crippen LogP contribution is 2.41. The molecule has 120 valence electrons. The number of rotatable bonds is 3. The molecule has 1 aliphatic heterocycles. The van der Waals surface area contributed by atoms with Crippen molar-refractivity contribution < 1.29 is 0 Å². The Hall–Kier alpha value is -1.10. The topological polar surface area (TPSA) is 55.0 Å². The van der Waals surface area contributed by atoms with Crippen molar-refractivity contribution in [2.75, 3.05) is 18.0 Å². The number of nitrogens with two attached hydrogens (primary N) is 1. The largest absolute Gasteiger partial charge is 0.353 e. The molecular formula is C16H22Cl2N4. The standard InChI is InChI=1S/C16H20N4.2ClH/c17-8-7-15-18-14-4-2-1-3-13(14)16(19-15)20-10-11-5-6-12(20)9-11;;/h1-4,11-12H,5-10,17H2;2*1H/t11-,12-;;/m0../s1. The minimum absolute atomic E-state index is 0. The molecule has 0 radical (unpaired) electrons. The second-order valence-electron chi connectivity index (χ2n) is 6.00. The van der Waals surface area contributed by atoms with Crippen molar-refractivity contribution >= 4 is 41.5 Å². The molecule has 2 atom stereocenters. The van der Waals surface area contributed by atoms with Crippen LogP contribution in [0, 0.1) is 5.92 Å². The quantitative estimate of drug-likeness (QED) is 0.933. The van der Waals surface area contributed by atoms with Crippen molar-refractivity contribution in [3.8, 4) is 0 Å². The van der Waals surface area contributed by atoms with Crippen LogP contribution >= 0.6 is 24.8 Å². The lowest BCUT2D eigenvalue weighted by Crippen LogP contribution is -2.33. The van der Waals surface area contributed by atoms with E-state index in [0.717, 1.165) is 36.0 Å². The van der Waals surface area contributed by atoms with E-state index >= 15 is 0 Å². The third-order valence-corrected chi connectivity index (χ3v) is 4.68. The second kappa shape index (κ2) is 6.99. The highest BCUT2D eigenvalue weighted by molar-refractivity contribution is 5.89. The van der Waals surface area contributed by atoms with Crippen LogP contribution in [0.5, 0.6) is 0 Å². The fraction of sp³-hybridized carbons (Fsp3) is 0.500. The van der Waals surface area contributed by atoms with Crippen LogP contribution in [0.1, 0.15) is 25.1 Å². The zero-order valence-electron chi connectivity index (χ0n) is 12.4. The van der Waals surface area contributed by atoms with Gasteiger partial charge in [0.15, 0.2) is 0 Å². The molecule has 1 aliphatic carbocycles. The molecule has 2 N–H and O–H groups in total. The van der Waals surface area contributed by atoms with Gasteiger partial charge in [0.2, 0.25) is 0 Å². The van der Waals surface area contributed by atoms with Crippen LogP contribution in [0.25, 0.3) is 10.9 Å². The van der Waals surface area contributed by atoms with E-state index < -0.39 is 0 Å². The Balaban J connectivity index is 0.000000882. The second-order valence-corrected chi connectivity index (χ2v) is 6.00. The van der Waals surface area contributed by atoms with Gasteiger partial charge < -0.3 is 10.6 Å². The molecule has 4 nitrogen and oxygen atoms in total. The van der Waals surface area contributed by atoms with E-state index in [9.17, 15) is 0 Å². The summed E-state index contributed by atoms with van der Waals surface area (Å²) in [5.74, 6) is 2.88. The number of piperidine rings is 1. The van der Waals surface area contributed by atoms with Crippen LogP contribution in [-0.2, 0) is 6.42 Å². The first-order valence-corrected chi connectivity index (χ1v) is 7.57. The fourth-order valence-electron chi connectivity index (χ4n) is 3.75. The summed E-state index contributed by atoms with van der Waals surface area (Å²) in [4.78, 5) is 12.0. The van der Waals surface area contributed by atoms with Gasteiger partial charge in [0.1, 0.15) is 11.6 Å². The van der Waals surface area contributed by atoms with Crippen LogP contribution < -0.4 is 10.6 Å². The van der Waals surface area contributed by atoms with Gasteiger partial charge in [-0.1, -0.05) is 12.1 Å². The molecule has 22 heavy (non-hydrogen) atoms. The van der Waals surface area contributed by atoms with E-state index in [0.29, 0.717) is 12.6 Å². The molecule has 2 aliphatic rings. The maximum atomic E-state index is 5.68. The van der Waals surface area contributed by atoms with Crippen molar-refractivity contribution in [3.63, 3.8) is 0 Å². The summed E-state index contributed by atoms with van der Waals surface area (Å²) in [6.45, 7) is 1.76. The first kappa shape index (κ1) is 17.3. The summed E-state index contributed by atoms with van der Waals surface area (Å²) in [5, 5.41) is 1.18. The minimum Gasteiger partial charge on any atom is -0.353 e. The summed E-state index contributed by atoms with van der Waals surface area (Å²) in [7, 11) is 0. The van der Waals surface area contributed by atoms with Crippen molar-refractivity contribution in [2.45, 2.75) is 31.7 Å². The smallest absolute Gasteiger partial charge is 0.140 e. The third kappa shape index (κ3) is 2.87. The summed E-state index contributed by atoms with van der Waals surface area (Å²) in [5.41, 5.74) is 6.72. The van der Waals surface area contributed by atoms with E-state index in [4.69, 9.17) is 10.7 Å². The maximum Gasteiger partial charge on any atom is 0.140 e. The molecule has 1 aromatic heterocycles. The van der Waals surface area contributed by atoms with Gasteiger partial charge >= 0.3 is 0 Å². The Morgan fingerprint density at radius 2 is 1.95 bits per heavy atom. The van der Waals surface area contributed by atoms with Gasteiger partial charge in [-0.2, -0.15) is 0 Å². The Morgan fingerprint density at radius 3 is 2.64 bits per heavy atom. The van der Waals surface area contributed by atoms with Gasteiger partial charge in [0.25, 0.3) is 0 Å². The molecule has 4 rings (SSSR count). The van der Waals surface area contributed by atoms with Crippen molar-refractivity contribution in [1.29, 1.82) is 0 Å². The molecule has 6 heteroatoms. The predicted octanol–water partition coefficient (Wildman–Crippen LogP) is 2.96. The van der Waals surface area contributed by atoms with Gasteiger partial charge in [-0.3, -0.25) is 0 Å².